The van der Waals surface area contributed by atoms with Gasteiger partial charge in [-0.3, -0.25) is 9.36 Å². The Bertz CT molecular complexity index is 427. The summed E-state index contributed by atoms with van der Waals surface area (Å²) in [7, 11) is 0. The molecule has 0 fully saturated rings. The first-order valence-corrected chi connectivity index (χ1v) is 5.10. The van der Waals surface area contributed by atoms with Gasteiger partial charge in [0.05, 0.1) is 6.61 Å². The topological polar surface area (TPSA) is 48.3 Å². The summed E-state index contributed by atoms with van der Waals surface area (Å²) in [5.41, 5.74) is -0.428. The van der Waals surface area contributed by atoms with Gasteiger partial charge in [0.25, 0.3) is 5.56 Å². The molecule has 0 aliphatic heterocycles. The molecular formula is C11H14FNO3. The fourth-order valence-electron chi connectivity index (χ4n) is 1.22. The molecule has 1 atom stereocenters. The van der Waals surface area contributed by atoms with E-state index in [1.54, 1.807) is 0 Å². The molecule has 0 spiro atoms. The number of nitrogens with zero attached hydrogens (tertiary/aromatic N) is 1. The van der Waals surface area contributed by atoms with Crippen LogP contribution in [0.1, 0.15) is 26.3 Å². The summed E-state index contributed by atoms with van der Waals surface area (Å²) in [6, 6.07) is 1.33. The van der Waals surface area contributed by atoms with Crippen LogP contribution in [0.4, 0.5) is 4.39 Å². The number of halogens is 1. The van der Waals surface area contributed by atoms with Gasteiger partial charge in [-0.15, -0.1) is 0 Å². The van der Waals surface area contributed by atoms with Crippen molar-refractivity contribution in [1.82, 2.24) is 4.57 Å². The van der Waals surface area contributed by atoms with Gasteiger partial charge >= 0.3 is 5.97 Å². The summed E-state index contributed by atoms with van der Waals surface area (Å²) in [4.78, 5) is 22.8. The Labute approximate surface area is 92.7 Å². The molecule has 16 heavy (non-hydrogen) atoms. The molecule has 0 N–H and O–H groups in total. The van der Waals surface area contributed by atoms with E-state index >= 15 is 0 Å². The Morgan fingerprint density at radius 3 is 2.88 bits per heavy atom. The highest BCUT2D eigenvalue weighted by Gasteiger charge is 2.17. The van der Waals surface area contributed by atoms with Gasteiger partial charge in [0.2, 0.25) is 0 Å². The second-order valence-electron chi connectivity index (χ2n) is 3.44. The summed E-state index contributed by atoms with van der Waals surface area (Å²) in [5, 5.41) is 0. The molecule has 1 rings (SSSR count). The van der Waals surface area contributed by atoms with Crippen LogP contribution in [0.2, 0.25) is 0 Å². The minimum absolute atomic E-state index is 0.299. The highest BCUT2D eigenvalue weighted by Crippen LogP contribution is 2.06. The quantitative estimate of drug-likeness (QED) is 0.732. The molecule has 0 amide bonds. The van der Waals surface area contributed by atoms with Gasteiger partial charge < -0.3 is 4.74 Å². The van der Waals surface area contributed by atoms with Crippen LogP contribution in [0.5, 0.6) is 0 Å². The van der Waals surface area contributed by atoms with Crippen molar-refractivity contribution in [2.24, 2.45) is 0 Å². The van der Waals surface area contributed by atoms with Crippen LogP contribution in [-0.2, 0) is 9.53 Å². The first kappa shape index (κ1) is 12.4. The van der Waals surface area contributed by atoms with Gasteiger partial charge in [0.1, 0.15) is 11.9 Å². The number of hydrogen-bond acceptors (Lipinski definition) is 3. The van der Waals surface area contributed by atoms with E-state index < -0.39 is 23.4 Å². The van der Waals surface area contributed by atoms with Crippen molar-refractivity contribution in [3.63, 3.8) is 0 Å². The Morgan fingerprint density at radius 2 is 2.25 bits per heavy atom. The lowest BCUT2D eigenvalue weighted by atomic mass is 10.3. The highest BCUT2D eigenvalue weighted by atomic mass is 19.1. The van der Waals surface area contributed by atoms with Crippen LogP contribution in [0.15, 0.2) is 23.1 Å². The van der Waals surface area contributed by atoms with Crippen LogP contribution in [0, 0.1) is 5.82 Å². The number of aromatic nitrogens is 1. The average Bonchev–Trinajstić information content (AvgIpc) is 2.28. The molecule has 0 saturated heterocycles. The molecule has 0 aliphatic rings. The van der Waals surface area contributed by atoms with Gasteiger partial charge in [-0.2, -0.15) is 0 Å². The maximum absolute atomic E-state index is 12.9. The first-order chi connectivity index (χ1) is 7.56. The molecule has 1 aromatic heterocycles. The van der Waals surface area contributed by atoms with Crippen molar-refractivity contribution in [3.05, 3.63) is 34.5 Å². The monoisotopic (exact) mass is 227 g/mol. The van der Waals surface area contributed by atoms with Crippen LogP contribution in [0.3, 0.4) is 0 Å². The summed E-state index contributed by atoms with van der Waals surface area (Å²) in [6.45, 7) is 3.67. The van der Waals surface area contributed by atoms with Crippen molar-refractivity contribution in [2.75, 3.05) is 6.61 Å². The van der Waals surface area contributed by atoms with E-state index in [0.29, 0.717) is 13.0 Å². The van der Waals surface area contributed by atoms with Gasteiger partial charge in [-0.1, -0.05) is 6.92 Å². The molecule has 0 aromatic carbocycles. The maximum atomic E-state index is 12.9. The van der Waals surface area contributed by atoms with Gasteiger partial charge in [-0.05, 0) is 19.4 Å². The largest absolute Gasteiger partial charge is 0.464 e. The van der Waals surface area contributed by atoms with Crippen molar-refractivity contribution in [3.8, 4) is 0 Å². The fraction of sp³-hybridized carbons (Fsp3) is 0.455. The number of ether oxygens (including phenoxy) is 1. The van der Waals surface area contributed by atoms with E-state index in [4.69, 9.17) is 4.74 Å². The second kappa shape index (κ2) is 5.44. The minimum atomic E-state index is -0.810. The third kappa shape index (κ3) is 2.92. The molecule has 4 nitrogen and oxygen atoms in total. The van der Waals surface area contributed by atoms with Crippen LogP contribution in [0.25, 0.3) is 0 Å². The Kier molecular flexibility index (Phi) is 4.22. The molecule has 0 saturated carbocycles. The zero-order valence-corrected chi connectivity index (χ0v) is 9.27. The van der Waals surface area contributed by atoms with E-state index in [9.17, 15) is 14.0 Å². The number of hydrogen-bond donors (Lipinski definition) is 0. The van der Waals surface area contributed by atoms with Gasteiger partial charge in [0.15, 0.2) is 0 Å². The zero-order chi connectivity index (χ0) is 12.1. The number of pyridine rings is 1. The molecule has 5 heteroatoms. The van der Waals surface area contributed by atoms with Crippen LogP contribution in [-0.4, -0.2) is 17.1 Å². The smallest absolute Gasteiger partial charge is 0.328 e. The Morgan fingerprint density at radius 1 is 1.56 bits per heavy atom. The Hall–Kier alpha value is -1.65. The van der Waals surface area contributed by atoms with E-state index in [0.717, 1.165) is 22.9 Å². The zero-order valence-electron chi connectivity index (χ0n) is 9.27. The lowest BCUT2D eigenvalue weighted by molar-refractivity contribution is -0.147. The summed E-state index contributed by atoms with van der Waals surface area (Å²) < 4.78 is 18.8. The lowest BCUT2D eigenvalue weighted by Crippen LogP contribution is -2.28. The third-order valence-electron chi connectivity index (χ3n) is 2.11. The molecule has 0 aliphatic carbocycles. The van der Waals surface area contributed by atoms with Crippen LogP contribution >= 0.6 is 0 Å². The number of rotatable bonds is 4. The highest BCUT2D eigenvalue weighted by molar-refractivity contribution is 5.73. The third-order valence-corrected chi connectivity index (χ3v) is 2.11. The standard InChI is InChI=1S/C11H14FNO3/c1-3-6-16-11(15)8(2)13-7-9(12)4-5-10(13)14/h4-5,7-8H,3,6H2,1-2H3. The average molecular weight is 227 g/mol. The van der Waals surface area contributed by atoms with Crippen molar-refractivity contribution in [1.29, 1.82) is 0 Å². The van der Waals surface area contributed by atoms with Crippen LogP contribution < -0.4 is 5.56 Å². The predicted molar refractivity (Wildman–Crippen MR) is 56.6 cm³/mol. The molecule has 1 heterocycles. The van der Waals surface area contributed by atoms with E-state index in [2.05, 4.69) is 0 Å². The van der Waals surface area contributed by atoms with E-state index in [-0.39, 0.29) is 0 Å². The SMILES string of the molecule is CCCOC(=O)C(C)n1cc(F)ccc1=O. The normalized spacial score (nSPS) is 12.2. The van der Waals surface area contributed by atoms with E-state index in [1.807, 2.05) is 6.92 Å². The summed E-state index contributed by atoms with van der Waals surface area (Å²) >= 11 is 0. The Balaban J connectivity index is 2.87. The van der Waals surface area contributed by atoms with Crippen molar-refractivity contribution >= 4 is 5.97 Å². The molecular weight excluding hydrogens is 213 g/mol. The van der Waals surface area contributed by atoms with Crippen molar-refractivity contribution < 1.29 is 13.9 Å². The first-order valence-electron chi connectivity index (χ1n) is 5.10. The predicted octanol–water partition coefficient (Wildman–Crippen LogP) is 1.50. The maximum Gasteiger partial charge on any atom is 0.328 e. The summed E-state index contributed by atoms with van der Waals surface area (Å²) in [5.74, 6) is -1.09. The number of carbonyl (C=O) groups excluding carboxylic acids is 1. The molecule has 1 unspecified atom stereocenters. The molecule has 88 valence electrons. The number of esters is 1. The molecule has 0 bridgehead atoms. The molecule has 1 aromatic rings. The van der Waals surface area contributed by atoms with Gasteiger partial charge in [-0.25, -0.2) is 9.18 Å². The van der Waals surface area contributed by atoms with Gasteiger partial charge in [0, 0.05) is 12.3 Å². The summed E-state index contributed by atoms with van der Waals surface area (Å²) in [6.07, 6.45) is 1.71. The van der Waals surface area contributed by atoms with E-state index in [1.165, 1.54) is 6.92 Å². The fourth-order valence-corrected chi connectivity index (χ4v) is 1.22. The second-order valence-corrected chi connectivity index (χ2v) is 3.44. The lowest BCUT2D eigenvalue weighted by Gasteiger charge is -2.13. The minimum Gasteiger partial charge on any atom is -0.464 e. The molecule has 0 radical (unpaired) electrons. The number of carbonyl (C=O) groups is 1. The van der Waals surface area contributed by atoms with Crippen molar-refractivity contribution in [2.45, 2.75) is 26.3 Å².